The molecular formula is C14H9N3O4S. The Bertz CT molecular complexity index is 855. The van der Waals surface area contributed by atoms with Crippen LogP contribution in [-0.4, -0.2) is 37.5 Å². The third-order valence-corrected chi connectivity index (χ3v) is 3.89. The third kappa shape index (κ3) is 2.25. The second-order valence-electron chi connectivity index (χ2n) is 4.34. The summed E-state index contributed by atoms with van der Waals surface area (Å²) in [5.41, 5.74) is 0.774. The van der Waals surface area contributed by atoms with E-state index >= 15 is 0 Å². The van der Waals surface area contributed by atoms with Gasteiger partial charge in [0.2, 0.25) is 0 Å². The minimum absolute atomic E-state index is 0.160. The highest BCUT2D eigenvalue weighted by Gasteiger charge is 2.18. The lowest BCUT2D eigenvalue weighted by molar-refractivity contribution is 0.0693. The van der Waals surface area contributed by atoms with Crippen molar-refractivity contribution in [1.82, 2.24) is 15.0 Å². The first-order valence-corrected chi connectivity index (χ1v) is 7.01. The molecule has 8 heteroatoms. The number of aromatic carboxylic acids is 1. The van der Waals surface area contributed by atoms with Gasteiger partial charge >= 0.3 is 5.97 Å². The van der Waals surface area contributed by atoms with Crippen LogP contribution >= 0.6 is 11.3 Å². The van der Waals surface area contributed by atoms with E-state index in [4.69, 9.17) is 5.11 Å². The largest absolute Gasteiger partial charge is 0.507 e. The Kier molecular flexibility index (Phi) is 3.43. The Morgan fingerprint density at radius 2 is 2.14 bits per heavy atom. The molecule has 0 bridgehead atoms. The van der Waals surface area contributed by atoms with Gasteiger partial charge in [-0.1, -0.05) is 11.3 Å². The smallest absolute Gasteiger partial charge is 0.339 e. The zero-order chi connectivity index (χ0) is 15.7. The molecule has 0 atom stereocenters. The Labute approximate surface area is 128 Å². The number of aromatic hydroxyl groups is 1. The van der Waals surface area contributed by atoms with Crippen molar-refractivity contribution in [3.05, 3.63) is 47.0 Å². The summed E-state index contributed by atoms with van der Waals surface area (Å²) in [6.45, 7) is 0. The molecule has 7 nitrogen and oxygen atoms in total. The maximum atomic E-state index is 11.2. The minimum atomic E-state index is -1.26. The zero-order valence-electron chi connectivity index (χ0n) is 11.0. The minimum Gasteiger partial charge on any atom is -0.507 e. The summed E-state index contributed by atoms with van der Waals surface area (Å²) >= 11 is 1.41. The molecular weight excluding hydrogens is 306 g/mol. The van der Waals surface area contributed by atoms with Gasteiger partial charge < -0.3 is 10.2 Å². The van der Waals surface area contributed by atoms with Crippen LogP contribution in [0, 0.1) is 0 Å². The van der Waals surface area contributed by atoms with Crippen LogP contribution in [-0.2, 0) is 0 Å². The highest BCUT2D eigenvalue weighted by Crippen LogP contribution is 2.29. The van der Waals surface area contributed by atoms with Crippen LogP contribution in [0.2, 0.25) is 0 Å². The number of thiophene rings is 1. The standard InChI is InChI=1S/C14H9N3O4S/c18-7-10-13(12-2-1-5-22-12)17(16-15-10)8-3-4-11(19)9(6-8)14(20)21/h1-7,19H,(H,20,21). The van der Waals surface area contributed by atoms with Gasteiger partial charge in [0.15, 0.2) is 12.0 Å². The number of carboxylic acid groups (broad SMARTS) is 1. The lowest BCUT2D eigenvalue weighted by atomic mass is 10.1. The molecule has 0 saturated heterocycles. The molecule has 0 aliphatic carbocycles. The molecule has 3 aromatic rings. The first kappa shape index (κ1) is 14.0. The van der Waals surface area contributed by atoms with E-state index in [1.165, 1.54) is 34.2 Å². The van der Waals surface area contributed by atoms with Crippen molar-refractivity contribution in [2.75, 3.05) is 0 Å². The van der Waals surface area contributed by atoms with Crippen molar-refractivity contribution in [3.8, 4) is 22.0 Å². The number of benzene rings is 1. The summed E-state index contributed by atoms with van der Waals surface area (Å²) in [6.07, 6.45) is 0.594. The first-order valence-electron chi connectivity index (χ1n) is 6.13. The van der Waals surface area contributed by atoms with E-state index in [1.807, 2.05) is 17.5 Å². The zero-order valence-corrected chi connectivity index (χ0v) is 11.8. The number of carbonyl (C=O) groups excluding carboxylic acids is 1. The Morgan fingerprint density at radius 1 is 1.32 bits per heavy atom. The summed E-state index contributed by atoms with van der Waals surface area (Å²) in [5.74, 6) is -1.60. The summed E-state index contributed by atoms with van der Waals surface area (Å²) in [4.78, 5) is 23.0. The van der Waals surface area contributed by atoms with Crippen molar-refractivity contribution in [1.29, 1.82) is 0 Å². The number of carboxylic acids is 1. The fraction of sp³-hybridized carbons (Fsp3) is 0. The fourth-order valence-corrected chi connectivity index (χ4v) is 2.79. The van der Waals surface area contributed by atoms with E-state index in [0.29, 0.717) is 17.7 Å². The first-order chi connectivity index (χ1) is 10.6. The Hall–Kier alpha value is -3.00. The predicted octanol–water partition coefficient (Wildman–Crippen LogP) is 2.21. The highest BCUT2D eigenvalue weighted by molar-refractivity contribution is 7.13. The number of aromatic nitrogens is 3. The summed E-state index contributed by atoms with van der Waals surface area (Å²) < 4.78 is 1.38. The molecule has 3 rings (SSSR count). The SMILES string of the molecule is O=Cc1nnn(-c2ccc(O)c(C(=O)O)c2)c1-c1cccs1. The highest BCUT2D eigenvalue weighted by atomic mass is 32.1. The monoisotopic (exact) mass is 315 g/mol. The van der Waals surface area contributed by atoms with Crippen molar-refractivity contribution >= 4 is 23.6 Å². The van der Waals surface area contributed by atoms with Gasteiger partial charge in [-0.15, -0.1) is 16.4 Å². The van der Waals surface area contributed by atoms with E-state index in [9.17, 15) is 14.7 Å². The third-order valence-electron chi connectivity index (χ3n) is 3.02. The van der Waals surface area contributed by atoms with Crippen LogP contribution in [0.15, 0.2) is 35.7 Å². The van der Waals surface area contributed by atoms with Crippen LogP contribution in [0.3, 0.4) is 0 Å². The number of phenols is 1. The van der Waals surface area contributed by atoms with Gasteiger partial charge in [-0.3, -0.25) is 4.79 Å². The molecule has 0 amide bonds. The number of aldehydes is 1. The molecule has 0 aliphatic heterocycles. The molecule has 0 spiro atoms. The van der Waals surface area contributed by atoms with E-state index in [0.717, 1.165) is 4.88 Å². The van der Waals surface area contributed by atoms with Crippen LogP contribution in [0.4, 0.5) is 0 Å². The van der Waals surface area contributed by atoms with E-state index < -0.39 is 5.97 Å². The number of hydrogen-bond acceptors (Lipinski definition) is 6. The van der Waals surface area contributed by atoms with Crippen molar-refractivity contribution in [3.63, 3.8) is 0 Å². The van der Waals surface area contributed by atoms with E-state index in [1.54, 1.807) is 0 Å². The lowest BCUT2D eigenvalue weighted by Crippen LogP contribution is -2.03. The van der Waals surface area contributed by atoms with Crippen molar-refractivity contribution in [2.24, 2.45) is 0 Å². The second kappa shape index (κ2) is 5.41. The maximum absolute atomic E-state index is 11.2. The van der Waals surface area contributed by atoms with E-state index in [2.05, 4.69) is 10.3 Å². The van der Waals surface area contributed by atoms with Gasteiger partial charge in [0.25, 0.3) is 0 Å². The molecule has 2 N–H and O–H groups in total. The topological polar surface area (TPSA) is 105 Å². The fourth-order valence-electron chi connectivity index (χ4n) is 2.02. The molecule has 110 valence electrons. The summed E-state index contributed by atoms with van der Waals surface area (Å²) in [6, 6.07) is 7.68. The van der Waals surface area contributed by atoms with Crippen LogP contribution in [0.1, 0.15) is 20.8 Å². The van der Waals surface area contributed by atoms with Gasteiger partial charge in [-0.25, -0.2) is 9.48 Å². The van der Waals surface area contributed by atoms with Crippen molar-refractivity contribution in [2.45, 2.75) is 0 Å². The molecule has 0 fully saturated rings. The maximum Gasteiger partial charge on any atom is 0.339 e. The number of carbonyl (C=O) groups is 2. The number of rotatable bonds is 4. The van der Waals surface area contributed by atoms with Crippen LogP contribution in [0.5, 0.6) is 5.75 Å². The molecule has 22 heavy (non-hydrogen) atoms. The summed E-state index contributed by atoms with van der Waals surface area (Å²) in [7, 11) is 0. The molecule has 1 aromatic carbocycles. The van der Waals surface area contributed by atoms with Gasteiger partial charge in [-0.2, -0.15) is 0 Å². The average molecular weight is 315 g/mol. The number of nitrogens with zero attached hydrogens (tertiary/aromatic N) is 3. The van der Waals surface area contributed by atoms with E-state index in [-0.39, 0.29) is 17.0 Å². The van der Waals surface area contributed by atoms with Crippen LogP contribution in [0.25, 0.3) is 16.3 Å². The quantitative estimate of drug-likeness (QED) is 0.715. The van der Waals surface area contributed by atoms with Gasteiger partial charge in [0.05, 0.1) is 10.6 Å². The molecule has 0 radical (unpaired) electrons. The molecule has 2 aromatic heterocycles. The van der Waals surface area contributed by atoms with Crippen LogP contribution < -0.4 is 0 Å². The normalized spacial score (nSPS) is 10.5. The lowest BCUT2D eigenvalue weighted by Gasteiger charge is -2.07. The van der Waals surface area contributed by atoms with Crippen molar-refractivity contribution < 1.29 is 19.8 Å². The van der Waals surface area contributed by atoms with Gasteiger partial charge in [-0.05, 0) is 29.6 Å². The molecule has 2 heterocycles. The molecule has 0 saturated carbocycles. The Balaban J connectivity index is 2.22. The molecule has 0 aliphatic rings. The number of hydrogen-bond donors (Lipinski definition) is 2. The predicted molar refractivity (Wildman–Crippen MR) is 78.7 cm³/mol. The van der Waals surface area contributed by atoms with Gasteiger partial charge in [0, 0.05) is 0 Å². The average Bonchev–Trinajstić information content (AvgIpc) is 3.15. The summed E-state index contributed by atoms with van der Waals surface area (Å²) in [5, 5.41) is 28.2. The van der Waals surface area contributed by atoms with Gasteiger partial charge in [0.1, 0.15) is 17.0 Å². The molecule has 0 unspecified atom stereocenters. The Morgan fingerprint density at radius 3 is 2.77 bits per heavy atom. The second-order valence-corrected chi connectivity index (χ2v) is 5.28.